The molecule has 55 heavy (non-hydrogen) atoms. The van der Waals surface area contributed by atoms with Gasteiger partial charge in [0.05, 0.1) is 34.0 Å². The third-order valence-corrected chi connectivity index (χ3v) is 12.2. The number of halogens is 1. The Morgan fingerprint density at radius 2 is 1.67 bits per heavy atom. The van der Waals surface area contributed by atoms with Crippen molar-refractivity contribution in [1.82, 2.24) is 20.3 Å². The molecule has 4 fully saturated rings. The van der Waals surface area contributed by atoms with E-state index in [9.17, 15) is 24.4 Å². The molecular weight excluding hydrogens is 702 g/mol. The molecule has 13 heteroatoms. The molecule has 1 unspecified atom stereocenters. The first-order valence-electron chi connectivity index (χ1n) is 18.8. The SMILES string of the molecule is Cc1ccc(-c2c(C)noc2C)cc1N(CC1CN(C2CN(c3cc4c(cc3F)C(=O)N(C3CCC(=O)NC3=O)C4=O)C2)C1)c1ccc(C2(C#N)CC2)cc1. The topological polar surface area (TPSA) is 143 Å². The summed E-state index contributed by atoms with van der Waals surface area (Å²) < 4.78 is 21.0. The molecule has 4 amide bonds. The predicted molar refractivity (Wildman–Crippen MR) is 200 cm³/mol. The van der Waals surface area contributed by atoms with Crippen LogP contribution in [0.1, 0.15) is 69.0 Å². The van der Waals surface area contributed by atoms with Gasteiger partial charge in [-0.25, -0.2) is 4.39 Å². The summed E-state index contributed by atoms with van der Waals surface area (Å²) in [6.45, 7) is 9.66. The number of rotatable bonds is 9. The monoisotopic (exact) mass is 741 g/mol. The fraction of sp³-hybridized carbons (Fsp3) is 0.381. The van der Waals surface area contributed by atoms with E-state index < -0.39 is 35.5 Å². The highest BCUT2D eigenvalue weighted by molar-refractivity contribution is 6.23. The largest absolute Gasteiger partial charge is 0.366 e. The third kappa shape index (κ3) is 5.78. The van der Waals surface area contributed by atoms with Crippen molar-refractivity contribution in [2.75, 3.05) is 42.5 Å². The number of benzene rings is 3. The fourth-order valence-electron chi connectivity index (χ4n) is 8.73. The zero-order chi connectivity index (χ0) is 38.3. The average molecular weight is 742 g/mol. The Kier molecular flexibility index (Phi) is 8.16. The zero-order valence-corrected chi connectivity index (χ0v) is 30.9. The third-order valence-electron chi connectivity index (χ3n) is 12.2. The van der Waals surface area contributed by atoms with Gasteiger partial charge in [-0.2, -0.15) is 5.26 Å². The van der Waals surface area contributed by atoms with E-state index in [1.54, 1.807) is 0 Å². The van der Waals surface area contributed by atoms with E-state index in [-0.39, 0.29) is 41.1 Å². The normalized spacial score (nSPS) is 20.9. The quantitative estimate of drug-likeness (QED) is 0.224. The summed E-state index contributed by atoms with van der Waals surface area (Å²) in [4.78, 5) is 58.1. The summed E-state index contributed by atoms with van der Waals surface area (Å²) in [5.41, 5.74) is 7.12. The summed E-state index contributed by atoms with van der Waals surface area (Å²) in [6, 6.07) is 19.0. The number of nitrogens with one attached hydrogen (secondary N) is 1. The Hall–Kier alpha value is -5.87. The summed E-state index contributed by atoms with van der Waals surface area (Å²) in [7, 11) is 0. The van der Waals surface area contributed by atoms with Gasteiger partial charge in [0.2, 0.25) is 11.8 Å². The molecule has 280 valence electrons. The number of carbonyl (C=O) groups is 4. The molecule has 1 saturated carbocycles. The second-order valence-corrected chi connectivity index (χ2v) is 15.7. The number of anilines is 3. The van der Waals surface area contributed by atoms with E-state index in [4.69, 9.17) is 4.52 Å². The molecule has 1 aromatic heterocycles. The van der Waals surface area contributed by atoms with Crippen molar-refractivity contribution in [2.24, 2.45) is 5.92 Å². The zero-order valence-electron chi connectivity index (χ0n) is 30.9. The molecule has 3 saturated heterocycles. The van der Waals surface area contributed by atoms with Gasteiger partial charge in [-0.3, -0.25) is 34.3 Å². The van der Waals surface area contributed by atoms with Crippen LogP contribution in [0.3, 0.4) is 0 Å². The maximum Gasteiger partial charge on any atom is 0.262 e. The van der Waals surface area contributed by atoms with Crippen LogP contribution in [0.25, 0.3) is 11.1 Å². The summed E-state index contributed by atoms with van der Waals surface area (Å²) in [5, 5.41) is 16.2. The molecular formula is C42H40FN7O5. The van der Waals surface area contributed by atoms with Crippen LogP contribution in [-0.4, -0.2) is 83.4 Å². The second kappa shape index (κ2) is 12.9. The number of aryl methyl sites for hydroxylation is 3. The first-order chi connectivity index (χ1) is 26.4. The maximum absolute atomic E-state index is 15.5. The summed E-state index contributed by atoms with van der Waals surface area (Å²) in [6.07, 6.45) is 1.84. The lowest BCUT2D eigenvalue weighted by atomic mass is 9.92. The highest BCUT2D eigenvalue weighted by Crippen LogP contribution is 2.48. The van der Waals surface area contributed by atoms with Gasteiger partial charge in [-0.15, -0.1) is 0 Å². The van der Waals surface area contributed by atoms with E-state index in [0.717, 1.165) is 88.5 Å². The van der Waals surface area contributed by atoms with Crippen molar-refractivity contribution in [1.29, 1.82) is 5.26 Å². The highest BCUT2D eigenvalue weighted by Gasteiger charge is 2.47. The molecule has 5 aliphatic rings. The van der Waals surface area contributed by atoms with Crippen molar-refractivity contribution in [2.45, 2.75) is 64.0 Å². The number of imide groups is 2. The number of hydrogen-bond donors (Lipinski definition) is 1. The molecule has 9 rings (SSSR count). The van der Waals surface area contributed by atoms with Crippen LogP contribution < -0.4 is 15.1 Å². The lowest BCUT2D eigenvalue weighted by molar-refractivity contribution is -0.136. The first kappa shape index (κ1) is 34.9. The van der Waals surface area contributed by atoms with Crippen molar-refractivity contribution in [3.8, 4) is 17.2 Å². The van der Waals surface area contributed by atoms with Gasteiger partial charge in [0.1, 0.15) is 17.6 Å². The van der Waals surface area contributed by atoms with Gasteiger partial charge < -0.3 is 14.3 Å². The second-order valence-electron chi connectivity index (χ2n) is 15.7. The minimum absolute atomic E-state index is 0.0151. The van der Waals surface area contributed by atoms with Gasteiger partial charge in [0, 0.05) is 68.0 Å². The fourth-order valence-corrected chi connectivity index (χ4v) is 8.73. The van der Waals surface area contributed by atoms with E-state index >= 15 is 4.39 Å². The Morgan fingerprint density at radius 3 is 2.31 bits per heavy atom. The average Bonchev–Trinajstić information content (AvgIpc) is 3.81. The molecule has 4 aromatic rings. The number of likely N-dealkylation sites (tertiary alicyclic amines) is 1. The minimum atomic E-state index is -1.10. The minimum Gasteiger partial charge on any atom is -0.366 e. The van der Waals surface area contributed by atoms with Crippen LogP contribution in [0.5, 0.6) is 0 Å². The van der Waals surface area contributed by atoms with E-state index in [0.29, 0.717) is 19.0 Å². The van der Waals surface area contributed by atoms with Gasteiger partial charge in [-0.1, -0.05) is 29.4 Å². The Bertz CT molecular complexity index is 2310. The molecule has 1 atom stereocenters. The molecule has 0 bridgehead atoms. The smallest absolute Gasteiger partial charge is 0.262 e. The summed E-state index contributed by atoms with van der Waals surface area (Å²) in [5.74, 6) is -1.99. The number of hydrogen-bond acceptors (Lipinski definition) is 10. The van der Waals surface area contributed by atoms with Crippen LogP contribution in [0, 0.1) is 43.8 Å². The van der Waals surface area contributed by atoms with Crippen LogP contribution >= 0.6 is 0 Å². The van der Waals surface area contributed by atoms with Gasteiger partial charge in [-0.05, 0) is 87.1 Å². The Morgan fingerprint density at radius 1 is 0.964 bits per heavy atom. The number of aromatic nitrogens is 1. The van der Waals surface area contributed by atoms with E-state index in [1.807, 2.05) is 18.7 Å². The van der Waals surface area contributed by atoms with Crippen LogP contribution in [0.2, 0.25) is 0 Å². The summed E-state index contributed by atoms with van der Waals surface area (Å²) >= 11 is 0. The molecule has 1 N–H and O–H groups in total. The van der Waals surface area contributed by atoms with Crippen molar-refractivity contribution in [3.63, 3.8) is 0 Å². The van der Waals surface area contributed by atoms with Crippen molar-refractivity contribution in [3.05, 3.63) is 94.1 Å². The molecule has 12 nitrogen and oxygen atoms in total. The Labute approximate surface area is 317 Å². The van der Waals surface area contributed by atoms with Crippen LogP contribution in [0.4, 0.5) is 21.5 Å². The molecule has 0 spiro atoms. The molecule has 3 aromatic carbocycles. The lowest BCUT2D eigenvalue weighted by Crippen LogP contribution is -2.66. The van der Waals surface area contributed by atoms with Crippen molar-refractivity contribution < 1.29 is 28.1 Å². The number of nitriles is 1. The highest BCUT2D eigenvalue weighted by atomic mass is 19.1. The number of amides is 4. The van der Waals surface area contributed by atoms with Gasteiger partial charge in [0.25, 0.3) is 11.8 Å². The van der Waals surface area contributed by atoms with Crippen molar-refractivity contribution >= 4 is 40.7 Å². The predicted octanol–water partition coefficient (Wildman–Crippen LogP) is 5.32. The standard InChI is InChI=1S/C42H40FN7O5/c1-23-4-5-27(38-24(2)46-55-25(38)3)14-35(23)49(29-8-6-28(7-9-29)42(22-44)12-13-42)19-26-17-47(18-26)30-20-48(21-30)36-16-32-31(15-33(36)43)40(53)50(41(32)54)34-10-11-37(51)45-39(34)52/h4-9,14-16,26,30,34H,10-13,17-21H2,1-3H3,(H,45,51,52). The lowest BCUT2D eigenvalue weighted by Gasteiger charge is -2.53. The molecule has 1 aliphatic carbocycles. The number of fused-ring (bicyclic) bond motifs is 1. The first-order valence-corrected chi connectivity index (χ1v) is 18.8. The van der Waals surface area contributed by atoms with Crippen LogP contribution in [-0.2, 0) is 15.0 Å². The van der Waals surface area contributed by atoms with Gasteiger partial charge >= 0.3 is 0 Å². The molecule has 4 aliphatic heterocycles. The van der Waals surface area contributed by atoms with Crippen LogP contribution in [0.15, 0.2) is 59.1 Å². The molecule has 5 heterocycles. The Balaban J connectivity index is 0.893. The van der Waals surface area contributed by atoms with E-state index in [2.05, 4.69) is 75.7 Å². The number of nitrogens with zero attached hydrogens (tertiary/aromatic N) is 6. The van der Waals surface area contributed by atoms with Gasteiger partial charge in [0.15, 0.2) is 0 Å². The van der Waals surface area contributed by atoms with E-state index in [1.165, 1.54) is 6.07 Å². The molecule has 0 radical (unpaired) electrons. The number of carbonyl (C=O) groups excluding carboxylic acids is 4. The maximum atomic E-state index is 15.5. The number of piperidine rings is 1.